The van der Waals surface area contributed by atoms with E-state index in [9.17, 15) is 18.0 Å². The number of hydrogen-bond acceptors (Lipinski definition) is 6. The molecule has 4 rings (SSSR count). The number of benzene rings is 3. The molecule has 4 aromatic rings. The van der Waals surface area contributed by atoms with Gasteiger partial charge in [-0.25, -0.2) is 8.42 Å². The van der Waals surface area contributed by atoms with E-state index in [1.165, 1.54) is 12.1 Å². The van der Waals surface area contributed by atoms with Crippen molar-refractivity contribution in [1.82, 2.24) is 4.72 Å². The van der Waals surface area contributed by atoms with E-state index >= 15 is 0 Å². The predicted molar refractivity (Wildman–Crippen MR) is 137 cm³/mol. The molecule has 8 nitrogen and oxygen atoms in total. The Morgan fingerprint density at radius 3 is 2.11 bits per heavy atom. The lowest BCUT2D eigenvalue weighted by Crippen LogP contribution is -2.34. The number of para-hydroxylation sites is 1. The average Bonchev–Trinajstić information content (AvgIpc) is 3.27. The zero-order valence-electron chi connectivity index (χ0n) is 20.1. The van der Waals surface area contributed by atoms with Gasteiger partial charge in [0, 0.05) is 11.1 Å². The van der Waals surface area contributed by atoms with Crippen LogP contribution in [0.2, 0.25) is 0 Å². The van der Waals surface area contributed by atoms with Gasteiger partial charge in [0.25, 0.3) is 5.91 Å². The van der Waals surface area contributed by atoms with Gasteiger partial charge in [0.05, 0.1) is 4.90 Å². The van der Waals surface area contributed by atoms with Crippen molar-refractivity contribution in [2.75, 3.05) is 11.9 Å². The number of ether oxygens (including phenoxy) is 1. The van der Waals surface area contributed by atoms with Crippen LogP contribution in [-0.2, 0) is 19.6 Å². The van der Waals surface area contributed by atoms with Crippen molar-refractivity contribution in [2.45, 2.75) is 31.3 Å². The third-order valence-corrected chi connectivity index (χ3v) is 6.53. The predicted octanol–water partition coefficient (Wildman–Crippen LogP) is 4.97. The number of sulfonamides is 1. The van der Waals surface area contributed by atoms with Gasteiger partial charge in [-0.05, 0) is 68.3 Å². The molecular formula is C27H26N2O6S. The topological polar surface area (TPSA) is 115 Å². The van der Waals surface area contributed by atoms with Gasteiger partial charge < -0.3 is 14.5 Å². The maximum absolute atomic E-state index is 12.5. The van der Waals surface area contributed by atoms with Crippen LogP contribution in [0.4, 0.5) is 5.69 Å². The number of carbonyl (C=O) groups is 2. The van der Waals surface area contributed by atoms with Crippen LogP contribution in [0, 0.1) is 0 Å². The van der Waals surface area contributed by atoms with Gasteiger partial charge in [0.2, 0.25) is 10.0 Å². The Morgan fingerprint density at radius 1 is 0.889 bits per heavy atom. The number of esters is 1. The van der Waals surface area contributed by atoms with E-state index in [2.05, 4.69) is 10.0 Å². The van der Waals surface area contributed by atoms with Crippen molar-refractivity contribution in [1.29, 1.82) is 0 Å². The van der Waals surface area contributed by atoms with Crippen LogP contribution in [0.15, 0.2) is 88.2 Å². The Bertz CT molecular complexity index is 1470. The Balaban J connectivity index is 1.39. The molecule has 2 N–H and O–H groups in total. The van der Waals surface area contributed by atoms with Crippen molar-refractivity contribution in [2.24, 2.45) is 0 Å². The molecule has 0 spiro atoms. The van der Waals surface area contributed by atoms with E-state index in [1.54, 1.807) is 57.2 Å². The number of rotatable bonds is 7. The highest BCUT2D eigenvalue weighted by molar-refractivity contribution is 7.89. The number of carbonyl (C=O) groups excluding carboxylic acids is 2. The molecule has 186 valence electrons. The first kappa shape index (κ1) is 25.2. The van der Waals surface area contributed by atoms with Gasteiger partial charge in [0.15, 0.2) is 5.76 Å². The fraction of sp³-hybridized carbons (Fsp3) is 0.185. The third kappa shape index (κ3) is 6.18. The lowest BCUT2D eigenvalue weighted by atomic mass is 10.1. The van der Waals surface area contributed by atoms with Crippen LogP contribution in [0.3, 0.4) is 0 Å². The number of furan rings is 1. The second-order valence-electron chi connectivity index (χ2n) is 9.12. The molecule has 0 saturated carbocycles. The van der Waals surface area contributed by atoms with Gasteiger partial charge >= 0.3 is 5.97 Å². The average molecular weight is 507 g/mol. The van der Waals surface area contributed by atoms with Gasteiger partial charge in [-0.3, -0.25) is 9.59 Å². The first-order valence-electron chi connectivity index (χ1n) is 11.2. The van der Waals surface area contributed by atoms with Crippen LogP contribution in [0.25, 0.3) is 22.1 Å². The van der Waals surface area contributed by atoms with E-state index in [1.807, 2.05) is 30.3 Å². The molecule has 0 bridgehead atoms. The first-order valence-corrected chi connectivity index (χ1v) is 12.7. The molecule has 9 heteroatoms. The largest absolute Gasteiger partial charge is 0.459 e. The van der Waals surface area contributed by atoms with Gasteiger partial charge in [-0.2, -0.15) is 4.72 Å². The highest BCUT2D eigenvalue weighted by atomic mass is 32.2. The number of fused-ring (bicyclic) bond motifs is 1. The second kappa shape index (κ2) is 9.96. The van der Waals surface area contributed by atoms with Crippen LogP contribution in [0.5, 0.6) is 0 Å². The summed E-state index contributed by atoms with van der Waals surface area (Å²) in [5, 5.41) is 3.66. The van der Waals surface area contributed by atoms with Crippen LogP contribution >= 0.6 is 0 Å². The standard InChI is InChI=1S/C27H26N2O6S/c1-27(2,3)35-25(30)17-28-36(32,33)22-14-10-19(11-15-22)18-8-12-21(13-9-18)29-26(31)24-16-20-6-4-5-7-23(20)34-24/h4-16,28H,17H2,1-3H3,(H,29,31). The maximum atomic E-state index is 12.5. The van der Waals surface area contributed by atoms with Crippen LogP contribution in [0.1, 0.15) is 31.3 Å². The Labute approximate surface area is 209 Å². The van der Waals surface area contributed by atoms with Crippen molar-refractivity contribution < 1.29 is 27.2 Å². The van der Waals surface area contributed by atoms with E-state index in [-0.39, 0.29) is 16.6 Å². The summed E-state index contributed by atoms with van der Waals surface area (Å²) in [6.07, 6.45) is 0. The van der Waals surface area contributed by atoms with Gasteiger partial charge in [-0.1, -0.05) is 42.5 Å². The molecule has 0 unspecified atom stereocenters. The number of amides is 1. The second-order valence-corrected chi connectivity index (χ2v) is 10.9. The molecule has 0 aliphatic carbocycles. The first-order chi connectivity index (χ1) is 17.0. The monoisotopic (exact) mass is 506 g/mol. The SMILES string of the molecule is CC(C)(C)OC(=O)CNS(=O)(=O)c1ccc(-c2ccc(NC(=O)c3cc4ccccc4o3)cc2)cc1. The third-order valence-electron chi connectivity index (χ3n) is 5.12. The summed E-state index contributed by atoms with van der Waals surface area (Å²) in [6, 6.07) is 22.5. The van der Waals surface area contributed by atoms with Crippen molar-refractivity contribution in [3.8, 4) is 11.1 Å². The summed E-state index contributed by atoms with van der Waals surface area (Å²) in [6.45, 7) is 4.67. The zero-order chi connectivity index (χ0) is 25.9. The summed E-state index contributed by atoms with van der Waals surface area (Å²) in [5.74, 6) is -0.792. The quantitative estimate of drug-likeness (QED) is 0.342. The smallest absolute Gasteiger partial charge is 0.321 e. The minimum absolute atomic E-state index is 0.0320. The molecule has 36 heavy (non-hydrogen) atoms. The normalized spacial score (nSPS) is 11.9. The molecule has 0 radical (unpaired) electrons. The zero-order valence-corrected chi connectivity index (χ0v) is 20.9. The lowest BCUT2D eigenvalue weighted by Gasteiger charge is -2.19. The molecule has 0 aliphatic rings. The van der Waals surface area contributed by atoms with E-state index < -0.39 is 28.1 Å². The van der Waals surface area contributed by atoms with Crippen LogP contribution in [-0.4, -0.2) is 32.4 Å². The maximum Gasteiger partial charge on any atom is 0.321 e. The minimum Gasteiger partial charge on any atom is -0.459 e. The molecule has 0 atom stereocenters. The highest BCUT2D eigenvalue weighted by Gasteiger charge is 2.20. The van der Waals surface area contributed by atoms with Crippen molar-refractivity contribution in [3.63, 3.8) is 0 Å². The van der Waals surface area contributed by atoms with Crippen molar-refractivity contribution in [3.05, 3.63) is 84.6 Å². The number of nitrogens with one attached hydrogen (secondary N) is 2. The number of hydrogen-bond donors (Lipinski definition) is 2. The molecule has 0 aliphatic heterocycles. The molecule has 0 saturated heterocycles. The fourth-order valence-corrected chi connectivity index (χ4v) is 4.44. The summed E-state index contributed by atoms with van der Waals surface area (Å²) < 4.78 is 38.0. The fourth-order valence-electron chi connectivity index (χ4n) is 3.47. The summed E-state index contributed by atoms with van der Waals surface area (Å²) in [4.78, 5) is 24.4. The molecule has 3 aromatic carbocycles. The van der Waals surface area contributed by atoms with Gasteiger partial charge in [-0.15, -0.1) is 0 Å². The minimum atomic E-state index is -3.87. The van der Waals surface area contributed by atoms with E-state index in [4.69, 9.17) is 9.15 Å². The molecule has 1 aromatic heterocycles. The van der Waals surface area contributed by atoms with E-state index in [0.717, 1.165) is 16.5 Å². The van der Waals surface area contributed by atoms with Crippen molar-refractivity contribution >= 4 is 38.6 Å². The summed E-state index contributed by atoms with van der Waals surface area (Å²) >= 11 is 0. The van der Waals surface area contributed by atoms with Crippen LogP contribution < -0.4 is 10.0 Å². The Hall–Kier alpha value is -3.95. The highest BCUT2D eigenvalue weighted by Crippen LogP contribution is 2.24. The Morgan fingerprint density at radius 2 is 1.50 bits per heavy atom. The Kier molecular flexibility index (Phi) is 6.96. The van der Waals surface area contributed by atoms with E-state index in [0.29, 0.717) is 11.3 Å². The molecule has 1 amide bonds. The number of anilines is 1. The molecule has 0 fully saturated rings. The summed E-state index contributed by atoms with van der Waals surface area (Å²) in [7, 11) is -3.87. The lowest BCUT2D eigenvalue weighted by molar-refractivity contribution is -0.153. The summed E-state index contributed by atoms with van der Waals surface area (Å²) in [5.41, 5.74) is 2.16. The molecular weight excluding hydrogens is 480 g/mol. The van der Waals surface area contributed by atoms with Gasteiger partial charge in [0.1, 0.15) is 17.7 Å². The molecule has 1 heterocycles.